The number of fused-ring (bicyclic) bond motifs is 1. The summed E-state index contributed by atoms with van der Waals surface area (Å²) in [6.07, 6.45) is 2.50. The summed E-state index contributed by atoms with van der Waals surface area (Å²) in [6, 6.07) is 15.4. The Balaban J connectivity index is 0.937. The minimum absolute atomic E-state index is 0.149. The lowest BCUT2D eigenvalue weighted by Gasteiger charge is -2.43. The molecule has 1 atom stereocenters. The van der Waals surface area contributed by atoms with Gasteiger partial charge < -0.3 is 33.9 Å². The van der Waals surface area contributed by atoms with Crippen molar-refractivity contribution in [3.63, 3.8) is 0 Å². The second-order valence-electron chi connectivity index (χ2n) is 16.7. The molecule has 3 N–H and O–H groups in total. The van der Waals surface area contributed by atoms with E-state index in [2.05, 4.69) is 5.32 Å². The molecule has 1 unspecified atom stereocenters. The minimum atomic E-state index is -4.67. The molecule has 4 heterocycles. The van der Waals surface area contributed by atoms with Crippen LogP contribution in [0.15, 0.2) is 95.6 Å². The van der Waals surface area contributed by atoms with Gasteiger partial charge in [0.15, 0.2) is 0 Å². The van der Waals surface area contributed by atoms with E-state index in [1.807, 2.05) is 59.5 Å². The van der Waals surface area contributed by atoms with Gasteiger partial charge in [-0.25, -0.2) is 4.79 Å². The van der Waals surface area contributed by atoms with Crippen molar-refractivity contribution in [2.45, 2.75) is 64.0 Å². The summed E-state index contributed by atoms with van der Waals surface area (Å²) in [7, 11) is 1.64. The molecule has 1 fully saturated rings. The van der Waals surface area contributed by atoms with Gasteiger partial charge in [0.2, 0.25) is 5.91 Å². The second kappa shape index (κ2) is 19.6. The van der Waals surface area contributed by atoms with E-state index < -0.39 is 40.7 Å². The number of amides is 2. The quantitative estimate of drug-likeness (QED) is 0.0808. The molecule has 0 bridgehead atoms. The fourth-order valence-corrected chi connectivity index (χ4v) is 7.39. The Morgan fingerprint density at radius 3 is 2.38 bits per heavy atom. The monoisotopic (exact) mass is 848 g/mol. The molecule has 0 saturated carbocycles. The van der Waals surface area contributed by atoms with Crippen LogP contribution in [0.1, 0.15) is 49.4 Å². The van der Waals surface area contributed by atoms with E-state index in [-0.39, 0.29) is 24.5 Å². The number of hydrogen-bond acceptors (Lipinski definition) is 10. The summed E-state index contributed by atoms with van der Waals surface area (Å²) in [5.74, 6) is -0.226. The third-order valence-corrected chi connectivity index (χ3v) is 10.6. The summed E-state index contributed by atoms with van der Waals surface area (Å²) in [4.78, 5) is 30.0. The first-order valence-corrected chi connectivity index (χ1v) is 20.3. The summed E-state index contributed by atoms with van der Waals surface area (Å²) in [5, 5.41) is 18.5. The largest absolute Gasteiger partial charge is 0.494 e. The number of rotatable bonds is 19. The molecule has 0 spiro atoms. The average molecular weight is 849 g/mol. The number of allylic oxidation sites excluding steroid dienone is 1. The maximum atomic E-state index is 14.5. The maximum Gasteiger partial charge on any atom is 0.418 e. The van der Waals surface area contributed by atoms with Crippen LogP contribution in [0.4, 0.5) is 18.0 Å². The average Bonchev–Trinajstić information content (AvgIpc) is 3.77. The van der Waals surface area contributed by atoms with Crippen molar-refractivity contribution in [2.24, 2.45) is 5.92 Å². The molecule has 328 valence electrons. The zero-order chi connectivity index (χ0) is 43.8. The molecular weight excluding hydrogens is 794 g/mol. The lowest BCUT2D eigenvalue weighted by Crippen LogP contribution is -2.49. The highest BCUT2D eigenvalue weighted by Crippen LogP contribution is 2.42. The van der Waals surface area contributed by atoms with Gasteiger partial charge >= 0.3 is 12.3 Å². The number of benzene rings is 2. The highest BCUT2D eigenvalue weighted by atomic mass is 19.4. The Bertz CT molecular complexity index is 2050. The van der Waals surface area contributed by atoms with Crippen molar-refractivity contribution in [3.8, 4) is 0 Å². The molecular formula is C45H55F3N6O7. The summed E-state index contributed by atoms with van der Waals surface area (Å²) < 4.78 is 71.5. The topological polar surface area (TPSA) is 150 Å². The molecule has 2 aromatic carbocycles. The Kier molecular flexibility index (Phi) is 14.5. The third kappa shape index (κ3) is 12.2. The first kappa shape index (κ1) is 45.2. The normalized spacial score (nSPS) is 18.6. The van der Waals surface area contributed by atoms with Gasteiger partial charge in [-0.3, -0.25) is 25.4 Å². The van der Waals surface area contributed by atoms with E-state index in [9.17, 15) is 22.8 Å². The number of carbonyl (C=O) groups excluding carboxylic acids is 2. The molecule has 2 aromatic rings. The molecule has 13 nitrogen and oxygen atoms in total. The minimum Gasteiger partial charge on any atom is -0.494 e. The summed E-state index contributed by atoms with van der Waals surface area (Å²) in [5.41, 5.74) is 2.07. The fraction of sp³-hybridized carbons (Fsp3) is 0.467. The van der Waals surface area contributed by atoms with Crippen molar-refractivity contribution in [1.82, 2.24) is 20.0 Å². The molecule has 16 heteroatoms. The standard InChI is InChI=1S/C45H55F3N6O7/c1-43(2,3)61-42(56)51-13-15-57-26-31-8-10-32(11-9-31)27-58-16-17-60-37-12-14-53(25-37)23-34-20-38(45(46,47)48)39-21-35(41(55)54(39)24-34)18-33-6-5-7-36(19-33)44(28-59-29-44)22-40(50)52(4)30-49/h5-12,19-21,24,30,35,49-50H,13-18,22-23,25-29H2,1-4H3,(H,51,56). The van der Waals surface area contributed by atoms with Gasteiger partial charge in [0, 0.05) is 44.7 Å². The van der Waals surface area contributed by atoms with Gasteiger partial charge in [-0.15, -0.1) is 0 Å². The number of hydrogen-bond donors (Lipinski definition) is 3. The molecule has 6 rings (SSSR count). The molecule has 2 amide bonds. The van der Waals surface area contributed by atoms with Crippen molar-refractivity contribution < 1.29 is 46.4 Å². The van der Waals surface area contributed by atoms with E-state index >= 15 is 0 Å². The molecule has 1 saturated heterocycles. The predicted octanol–water partition coefficient (Wildman–Crippen LogP) is 6.61. The van der Waals surface area contributed by atoms with Crippen molar-refractivity contribution in [3.05, 3.63) is 118 Å². The van der Waals surface area contributed by atoms with Gasteiger partial charge in [-0.05, 0) is 73.2 Å². The maximum absolute atomic E-state index is 14.5. The number of amidine groups is 1. The van der Waals surface area contributed by atoms with E-state index in [0.29, 0.717) is 83.6 Å². The Labute approximate surface area is 354 Å². The smallest absolute Gasteiger partial charge is 0.418 e. The number of nitrogens with zero attached hydrogens (tertiary/aromatic N) is 3. The van der Waals surface area contributed by atoms with Crippen LogP contribution in [0.25, 0.3) is 0 Å². The van der Waals surface area contributed by atoms with Crippen molar-refractivity contribution in [1.29, 1.82) is 10.8 Å². The van der Waals surface area contributed by atoms with Crippen LogP contribution < -0.4 is 5.32 Å². The van der Waals surface area contributed by atoms with Crippen LogP contribution in [-0.2, 0) is 53.5 Å². The number of nitrogens with one attached hydrogen (secondary N) is 3. The molecule has 0 aromatic heterocycles. The van der Waals surface area contributed by atoms with Crippen LogP contribution in [0, 0.1) is 16.7 Å². The van der Waals surface area contributed by atoms with E-state index in [4.69, 9.17) is 34.5 Å². The first-order valence-electron chi connectivity index (χ1n) is 20.3. The predicted molar refractivity (Wildman–Crippen MR) is 223 cm³/mol. The van der Waals surface area contributed by atoms with E-state index in [1.165, 1.54) is 17.2 Å². The SMILES string of the molecule is CN(C=N)C(=N)CC1(c2cccc(CC3C=C4C(C(F)(F)F)=CC(CN5CC=C(OCCOCc6ccc(COCCNC(=O)OC(C)(C)C)cc6)C5)=CN4C3=O)c2)COC1. The number of ether oxygens (including phenoxy) is 5. The first-order chi connectivity index (χ1) is 29.0. The Hall–Kier alpha value is -5.29. The van der Waals surface area contributed by atoms with Crippen molar-refractivity contribution >= 4 is 24.2 Å². The Morgan fingerprint density at radius 2 is 1.74 bits per heavy atom. The third-order valence-electron chi connectivity index (χ3n) is 10.6. The highest BCUT2D eigenvalue weighted by molar-refractivity contribution is 5.90. The van der Waals surface area contributed by atoms with Gasteiger partial charge in [-0.2, -0.15) is 13.2 Å². The van der Waals surface area contributed by atoms with E-state index in [0.717, 1.165) is 39.6 Å². The molecule has 4 aliphatic rings. The van der Waals surface area contributed by atoms with Gasteiger partial charge in [0.05, 0.1) is 69.7 Å². The molecule has 4 aliphatic heterocycles. The van der Waals surface area contributed by atoms with Gasteiger partial charge in [0.1, 0.15) is 23.8 Å². The van der Waals surface area contributed by atoms with Crippen LogP contribution in [0.5, 0.6) is 0 Å². The molecule has 0 aliphatic carbocycles. The number of carbonyl (C=O) groups is 2. The zero-order valence-corrected chi connectivity index (χ0v) is 35.1. The Morgan fingerprint density at radius 1 is 1.03 bits per heavy atom. The van der Waals surface area contributed by atoms with Crippen LogP contribution >= 0.6 is 0 Å². The van der Waals surface area contributed by atoms with Gasteiger partial charge in [-0.1, -0.05) is 48.5 Å². The van der Waals surface area contributed by atoms with Gasteiger partial charge in [0.25, 0.3) is 0 Å². The van der Waals surface area contributed by atoms with E-state index in [1.54, 1.807) is 27.8 Å². The zero-order valence-electron chi connectivity index (χ0n) is 35.1. The lowest BCUT2D eigenvalue weighted by molar-refractivity contribution is -0.128. The van der Waals surface area contributed by atoms with Crippen LogP contribution in [0.2, 0.25) is 0 Å². The van der Waals surface area contributed by atoms with Crippen LogP contribution in [-0.4, -0.2) is 117 Å². The number of alkyl halides is 3. The number of alkyl carbamates (subject to hydrolysis) is 1. The lowest BCUT2D eigenvalue weighted by atomic mass is 9.74. The molecule has 0 radical (unpaired) electrons. The fourth-order valence-electron chi connectivity index (χ4n) is 7.39. The summed E-state index contributed by atoms with van der Waals surface area (Å²) in [6.45, 7) is 9.45. The molecule has 61 heavy (non-hydrogen) atoms. The van der Waals surface area contributed by atoms with Crippen molar-refractivity contribution in [2.75, 3.05) is 66.3 Å². The second-order valence-corrected chi connectivity index (χ2v) is 16.7. The summed E-state index contributed by atoms with van der Waals surface area (Å²) >= 11 is 0. The highest BCUT2D eigenvalue weighted by Gasteiger charge is 2.46. The van der Waals surface area contributed by atoms with Crippen LogP contribution in [0.3, 0.4) is 0 Å². The number of halogens is 3.